The Morgan fingerprint density at radius 1 is 1.17 bits per heavy atom. The third kappa shape index (κ3) is 4.48. The molecule has 2 aromatic rings. The van der Waals surface area contributed by atoms with Crippen LogP contribution in [0.1, 0.15) is 12.5 Å². The number of halogens is 2. The number of carbonyl (C=O) groups is 2. The average Bonchev–Trinajstić information content (AvgIpc) is 2.51. The lowest BCUT2D eigenvalue weighted by molar-refractivity contribution is -0.120. The summed E-state index contributed by atoms with van der Waals surface area (Å²) in [6, 6.07) is 13.2. The minimum atomic E-state index is -0.434. The van der Waals surface area contributed by atoms with Crippen molar-refractivity contribution >= 4 is 46.4 Å². The van der Waals surface area contributed by atoms with Gasteiger partial charge in [0.05, 0.1) is 11.3 Å². The predicted octanol–water partition coefficient (Wildman–Crippen LogP) is 3.86. The van der Waals surface area contributed by atoms with Gasteiger partial charge < -0.3 is 10.2 Å². The van der Waals surface area contributed by atoms with Crippen LogP contribution in [0.5, 0.6) is 0 Å². The third-order valence-corrected chi connectivity index (χ3v) is 3.58. The van der Waals surface area contributed by atoms with Crippen LogP contribution in [0.2, 0.25) is 10.0 Å². The van der Waals surface area contributed by atoms with E-state index in [1.165, 1.54) is 11.8 Å². The zero-order valence-electron chi connectivity index (χ0n) is 12.7. The van der Waals surface area contributed by atoms with Gasteiger partial charge in [0.1, 0.15) is 12.6 Å². The van der Waals surface area contributed by atoms with E-state index in [-0.39, 0.29) is 12.5 Å². The monoisotopic (exact) mass is 361 g/mol. The summed E-state index contributed by atoms with van der Waals surface area (Å²) in [6.07, 6.45) is 0. The highest BCUT2D eigenvalue weighted by Gasteiger charge is 2.18. The number of rotatable bonds is 4. The second kappa shape index (κ2) is 7.82. The number of nitriles is 1. The molecule has 24 heavy (non-hydrogen) atoms. The summed E-state index contributed by atoms with van der Waals surface area (Å²) < 4.78 is 0. The maximum absolute atomic E-state index is 12.2. The van der Waals surface area contributed by atoms with E-state index < -0.39 is 5.91 Å². The van der Waals surface area contributed by atoms with Crippen LogP contribution in [0.25, 0.3) is 0 Å². The molecule has 2 amide bonds. The molecule has 2 rings (SSSR count). The second-order valence-electron chi connectivity index (χ2n) is 4.94. The van der Waals surface area contributed by atoms with E-state index in [1.807, 2.05) is 6.07 Å². The molecular weight excluding hydrogens is 349 g/mol. The molecule has 0 bridgehead atoms. The standard InChI is InChI=1S/C17H13Cl2N3O2/c1-11(23)22(16-5-3-2-4-12(16)9-20)10-17(24)21-15-7-13(18)6-14(19)8-15/h2-8H,10H2,1H3,(H,21,24). The molecule has 0 atom stereocenters. The molecule has 0 aliphatic carbocycles. The Balaban J connectivity index is 2.20. The SMILES string of the molecule is CC(=O)N(CC(=O)Nc1cc(Cl)cc(Cl)c1)c1ccccc1C#N. The zero-order valence-corrected chi connectivity index (χ0v) is 14.2. The number of carbonyl (C=O) groups excluding carboxylic acids is 2. The average molecular weight is 362 g/mol. The third-order valence-electron chi connectivity index (χ3n) is 3.14. The Bertz CT molecular complexity index is 811. The van der Waals surface area contributed by atoms with Gasteiger partial charge in [-0.25, -0.2) is 0 Å². The normalized spacial score (nSPS) is 9.92. The first kappa shape index (κ1) is 17.8. The lowest BCUT2D eigenvalue weighted by Crippen LogP contribution is -2.37. The van der Waals surface area contributed by atoms with E-state index in [9.17, 15) is 9.59 Å². The fraction of sp³-hybridized carbons (Fsp3) is 0.118. The first-order valence-electron chi connectivity index (χ1n) is 6.94. The molecular formula is C17H13Cl2N3O2. The van der Waals surface area contributed by atoms with E-state index >= 15 is 0 Å². The molecule has 0 fully saturated rings. The molecule has 0 spiro atoms. The summed E-state index contributed by atoms with van der Waals surface area (Å²) in [4.78, 5) is 25.4. The van der Waals surface area contributed by atoms with Gasteiger partial charge in [-0.1, -0.05) is 35.3 Å². The number of hydrogen-bond acceptors (Lipinski definition) is 3. The van der Waals surface area contributed by atoms with Crippen molar-refractivity contribution in [3.05, 3.63) is 58.1 Å². The molecule has 0 aromatic heterocycles. The van der Waals surface area contributed by atoms with Crippen LogP contribution in [0.4, 0.5) is 11.4 Å². The van der Waals surface area contributed by atoms with Gasteiger partial charge in [-0.2, -0.15) is 5.26 Å². The maximum atomic E-state index is 12.2. The fourth-order valence-electron chi connectivity index (χ4n) is 2.14. The van der Waals surface area contributed by atoms with E-state index in [0.717, 1.165) is 0 Å². The molecule has 0 heterocycles. The van der Waals surface area contributed by atoms with Crippen molar-refractivity contribution in [2.75, 3.05) is 16.8 Å². The van der Waals surface area contributed by atoms with Gasteiger partial charge in [0.2, 0.25) is 11.8 Å². The van der Waals surface area contributed by atoms with Gasteiger partial charge in [0.15, 0.2) is 0 Å². The number of nitrogens with zero attached hydrogens (tertiary/aromatic N) is 2. The van der Waals surface area contributed by atoms with Gasteiger partial charge in [0, 0.05) is 22.7 Å². The van der Waals surface area contributed by atoms with Crippen LogP contribution in [-0.2, 0) is 9.59 Å². The quantitative estimate of drug-likeness (QED) is 0.898. The van der Waals surface area contributed by atoms with Crippen LogP contribution in [0.15, 0.2) is 42.5 Å². The molecule has 0 unspecified atom stereocenters. The van der Waals surface area contributed by atoms with Crippen LogP contribution in [0.3, 0.4) is 0 Å². The van der Waals surface area contributed by atoms with Crippen molar-refractivity contribution in [1.29, 1.82) is 5.26 Å². The molecule has 7 heteroatoms. The Hall–Kier alpha value is -2.55. The van der Waals surface area contributed by atoms with Crippen molar-refractivity contribution < 1.29 is 9.59 Å². The largest absolute Gasteiger partial charge is 0.324 e. The number of anilines is 2. The van der Waals surface area contributed by atoms with Gasteiger partial charge in [-0.3, -0.25) is 9.59 Å². The highest BCUT2D eigenvalue weighted by molar-refractivity contribution is 6.35. The number of nitrogens with one attached hydrogen (secondary N) is 1. The molecule has 0 saturated carbocycles. The summed E-state index contributed by atoms with van der Waals surface area (Å²) in [5.41, 5.74) is 1.12. The first-order chi connectivity index (χ1) is 11.4. The van der Waals surface area contributed by atoms with E-state index in [2.05, 4.69) is 5.32 Å². The van der Waals surface area contributed by atoms with Crippen LogP contribution in [0, 0.1) is 11.3 Å². The fourth-order valence-corrected chi connectivity index (χ4v) is 2.67. The second-order valence-corrected chi connectivity index (χ2v) is 5.81. The Labute approximate surface area is 149 Å². The lowest BCUT2D eigenvalue weighted by Gasteiger charge is -2.21. The molecule has 0 aliphatic rings. The number of para-hydroxylation sites is 1. The summed E-state index contributed by atoms with van der Waals surface area (Å²) >= 11 is 11.8. The van der Waals surface area contributed by atoms with Crippen molar-refractivity contribution in [3.63, 3.8) is 0 Å². The Morgan fingerprint density at radius 3 is 2.38 bits per heavy atom. The Kier molecular flexibility index (Phi) is 5.80. The summed E-state index contributed by atoms with van der Waals surface area (Å²) in [6.45, 7) is 1.09. The summed E-state index contributed by atoms with van der Waals surface area (Å²) in [7, 11) is 0. The van der Waals surface area contributed by atoms with Crippen LogP contribution < -0.4 is 10.2 Å². The van der Waals surface area contributed by atoms with E-state index in [4.69, 9.17) is 28.5 Å². The van der Waals surface area contributed by atoms with Crippen LogP contribution >= 0.6 is 23.2 Å². The van der Waals surface area contributed by atoms with Crippen molar-refractivity contribution in [1.82, 2.24) is 0 Å². The highest BCUT2D eigenvalue weighted by Crippen LogP contribution is 2.23. The molecule has 2 aromatic carbocycles. The molecule has 122 valence electrons. The molecule has 1 N–H and O–H groups in total. The van der Waals surface area contributed by atoms with Crippen molar-refractivity contribution in [2.45, 2.75) is 6.92 Å². The van der Waals surface area contributed by atoms with Crippen molar-refractivity contribution in [3.8, 4) is 6.07 Å². The maximum Gasteiger partial charge on any atom is 0.244 e. The number of hydrogen-bond donors (Lipinski definition) is 1. The van der Waals surface area contributed by atoms with E-state index in [0.29, 0.717) is 27.0 Å². The van der Waals surface area contributed by atoms with Crippen molar-refractivity contribution in [2.24, 2.45) is 0 Å². The summed E-state index contributed by atoms with van der Waals surface area (Å²) in [5.74, 6) is -0.784. The smallest absolute Gasteiger partial charge is 0.244 e. The molecule has 0 radical (unpaired) electrons. The number of benzene rings is 2. The van der Waals surface area contributed by atoms with Crippen LogP contribution in [-0.4, -0.2) is 18.4 Å². The lowest BCUT2D eigenvalue weighted by atomic mass is 10.1. The first-order valence-corrected chi connectivity index (χ1v) is 7.69. The van der Waals surface area contributed by atoms with Gasteiger partial charge in [-0.15, -0.1) is 0 Å². The zero-order chi connectivity index (χ0) is 17.7. The van der Waals surface area contributed by atoms with E-state index in [1.54, 1.807) is 42.5 Å². The molecule has 5 nitrogen and oxygen atoms in total. The van der Waals surface area contributed by atoms with Gasteiger partial charge >= 0.3 is 0 Å². The highest BCUT2D eigenvalue weighted by atomic mass is 35.5. The predicted molar refractivity (Wildman–Crippen MR) is 94.3 cm³/mol. The van der Waals surface area contributed by atoms with Gasteiger partial charge in [0.25, 0.3) is 0 Å². The molecule has 0 saturated heterocycles. The minimum absolute atomic E-state index is 0.238. The Morgan fingerprint density at radius 2 is 1.79 bits per heavy atom. The summed E-state index contributed by atoms with van der Waals surface area (Å²) in [5, 5.41) is 12.6. The number of amides is 2. The topological polar surface area (TPSA) is 73.2 Å². The van der Waals surface area contributed by atoms with Gasteiger partial charge in [-0.05, 0) is 30.3 Å². The minimum Gasteiger partial charge on any atom is -0.324 e. The molecule has 0 aliphatic heterocycles.